The highest BCUT2D eigenvalue weighted by Crippen LogP contribution is 2.66. The zero-order chi connectivity index (χ0) is 26.4. The summed E-state index contributed by atoms with van der Waals surface area (Å²) < 4.78 is 20.4. The van der Waals surface area contributed by atoms with Gasteiger partial charge >= 0.3 is 5.97 Å². The fourth-order valence-corrected chi connectivity index (χ4v) is 8.81. The van der Waals surface area contributed by atoms with E-state index in [1.54, 1.807) is 6.07 Å². The summed E-state index contributed by atoms with van der Waals surface area (Å²) >= 11 is 0. The van der Waals surface area contributed by atoms with Crippen molar-refractivity contribution in [1.82, 2.24) is 4.57 Å². The molecule has 4 fully saturated rings. The van der Waals surface area contributed by atoms with Crippen molar-refractivity contribution in [3.05, 3.63) is 28.7 Å². The Hall–Kier alpha value is -1.86. The largest absolute Gasteiger partial charge is 0.493 e. The zero-order valence-electron chi connectivity index (χ0n) is 23.0. The number of hydrogen-bond acceptors (Lipinski definition) is 5. The van der Waals surface area contributed by atoms with Gasteiger partial charge in [-0.25, -0.2) is 0 Å². The van der Waals surface area contributed by atoms with Crippen molar-refractivity contribution >= 4 is 5.97 Å². The van der Waals surface area contributed by atoms with Crippen LogP contribution in [0, 0.1) is 34.0 Å². The molecule has 0 spiro atoms. The number of hydrogen-bond donors (Lipinski definition) is 1. The van der Waals surface area contributed by atoms with Gasteiger partial charge in [0.2, 0.25) is 0 Å². The van der Waals surface area contributed by atoms with E-state index >= 15 is 0 Å². The lowest BCUT2D eigenvalue weighted by Crippen LogP contribution is -2.63. The Kier molecular flexibility index (Phi) is 7.25. The number of fused-ring (bicyclic) bond motifs is 3. The first-order valence-corrected chi connectivity index (χ1v) is 14.3. The number of carbonyl (C=O) groups is 1. The van der Waals surface area contributed by atoms with Crippen LogP contribution in [0.15, 0.2) is 23.1 Å². The highest BCUT2D eigenvalue weighted by Gasteiger charge is 2.62. The standard InChI is InChI=1S/C30H45NO6/c1-28(2)13-9-23-29(3,14-10-24-30(23,4)19-36-27(37-24)20-7-5-6-8-20)22(28)12-16-35-21-11-15-31(18-26(33)34)25(32)17-21/h11,15,17,20,22-24,27H,5-10,12-14,16,18-19H2,1-4H3,(H,33,34)/t22-,23?,24-,27-,29+,30+/m1/s1. The first kappa shape index (κ1) is 26.7. The summed E-state index contributed by atoms with van der Waals surface area (Å²) in [7, 11) is 0. The van der Waals surface area contributed by atoms with Crippen LogP contribution >= 0.6 is 0 Å². The molecule has 0 aromatic carbocycles. The van der Waals surface area contributed by atoms with Gasteiger partial charge in [0.25, 0.3) is 5.56 Å². The Balaban J connectivity index is 1.27. The first-order chi connectivity index (χ1) is 17.5. The molecule has 1 aromatic rings. The van der Waals surface area contributed by atoms with Crippen LogP contribution in [-0.4, -0.2) is 41.3 Å². The molecule has 1 N–H and O–H groups in total. The molecule has 1 unspecified atom stereocenters. The molecule has 1 saturated heterocycles. The van der Waals surface area contributed by atoms with Crippen LogP contribution in [-0.2, 0) is 20.8 Å². The smallest absolute Gasteiger partial charge is 0.323 e. The Morgan fingerprint density at radius 1 is 1.11 bits per heavy atom. The van der Waals surface area contributed by atoms with E-state index in [-0.39, 0.29) is 40.7 Å². The second kappa shape index (κ2) is 10.0. The summed E-state index contributed by atoms with van der Waals surface area (Å²) in [6.07, 6.45) is 12.4. The number of carboxylic acids is 1. The van der Waals surface area contributed by atoms with Crippen LogP contribution in [0.2, 0.25) is 0 Å². The van der Waals surface area contributed by atoms with Crippen LogP contribution < -0.4 is 10.3 Å². The zero-order valence-corrected chi connectivity index (χ0v) is 23.0. The average Bonchev–Trinajstić information content (AvgIpc) is 3.36. The molecule has 0 bridgehead atoms. The minimum atomic E-state index is -1.04. The van der Waals surface area contributed by atoms with Crippen LogP contribution in [0.5, 0.6) is 5.75 Å². The lowest BCUT2D eigenvalue weighted by Gasteiger charge is -2.65. The normalized spacial score (nSPS) is 37.5. The lowest BCUT2D eigenvalue weighted by atomic mass is 9.42. The Morgan fingerprint density at radius 2 is 1.86 bits per heavy atom. The third-order valence-corrected chi connectivity index (χ3v) is 10.7. The summed E-state index contributed by atoms with van der Waals surface area (Å²) in [4.78, 5) is 23.2. The molecule has 7 nitrogen and oxygen atoms in total. The maximum Gasteiger partial charge on any atom is 0.323 e. The SMILES string of the molecule is CC1(C)CCC2[C@]3(C)CO[C@@H](C4CCCC4)O[C@@H]3CC[C@@]2(C)[C@@H]1CCOc1ccn(CC(=O)O)c(=O)c1. The predicted molar refractivity (Wildman–Crippen MR) is 140 cm³/mol. The van der Waals surface area contributed by atoms with E-state index in [1.807, 2.05) is 0 Å². The van der Waals surface area contributed by atoms with Gasteiger partial charge < -0.3 is 23.9 Å². The molecule has 37 heavy (non-hydrogen) atoms. The van der Waals surface area contributed by atoms with Gasteiger partial charge in [-0.05, 0) is 73.7 Å². The van der Waals surface area contributed by atoms with E-state index in [0.29, 0.717) is 30.1 Å². The molecular weight excluding hydrogens is 470 g/mol. The van der Waals surface area contributed by atoms with Gasteiger partial charge in [0.1, 0.15) is 12.3 Å². The van der Waals surface area contributed by atoms with Crippen molar-refractivity contribution in [1.29, 1.82) is 0 Å². The number of aliphatic carboxylic acids is 1. The van der Waals surface area contributed by atoms with Crippen molar-refractivity contribution in [2.24, 2.45) is 34.0 Å². The predicted octanol–water partition coefficient (Wildman–Crippen LogP) is 5.49. The number of nitrogens with zero attached hydrogens (tertiary/aromatic N) is 1. The topological polar surface area (TPSA) is 87.0 Å². The van der Waals surface area contributed by atoms with Gasteiger partial charge in [-0.1, -0.05) is 40.5 Å². The van der Waals surface area contributed by atoms with Gasteiger partial charge in [0.05, 0.1) is 19.3 Å². The van der Waals surface area contributed by atoms with E-state index < -0.39 is 5.97 Å². The number of aromatic nitrogens is 1. The number of rotatable bonds is 7. The Bertz CT molecular complexity index is 1040. The third kappa shape index (κ3) is 4.98. The molecular formula is C30H45NO6. The van der Waals surface area contributed by atoms with Crippen molar-refractivity contribution in [2.75, 3.05) is 13.2 Å². The quantitative estimate of drug-likeness (QED) is 0.517. The molecule has 5 rings (SSSR count). The second-order valence-corrected chi connectivity index (χ2v) is 13.4. The molecule has 1 aromatic heterocycles. The van der Waals surface area contributed by atoms with E-state index in [9.17, 15) is 9.59 Å². The monoisotopic (exact) mass is 515 g/mol. The molecule has 0 amide bonds. The summed E-state index contributed by atoms with van der Waals surface area (Å²) in [6.45, 7) is 10.7. The third-order valence-electron chi connectivity index (χ3n) is 10.7. The molecule has 7 heteroatoms. The van der Waals surface area contributed by atoms with E-state index in [2.05, 4.69) is 27.7 Å². The van der Waals surface area contributed by atoms with Crippen molar-refractivity contribution in [3.63, 3.8) is 0 Å². The van der Waals surface area contributed by atoms with E-state index in [1.165, 1.54) is 55.4 Å². The van der Waals surface area contributed by atoms with Gasteiger partial charge in [-0.15, -0.1) is 0 Å². The summed E-state index contributed by atoms with van der Waals surface area (Å²) in [5, 5.41) is 8.96. The van der Waals surface area contributed by atoms with Crippen molar-refractivity contribution in [2.45, 2.75) is 104 Å². The number of carboxylic acid groups (broad SMARTS) is 1. The van der Waals surface area contributed by atoms with Gasteiger partial charge in [-0.3, -0.25) is 9.59 Å². The highest BCUT2D eigenvalue weighted by molar-refractivity contribution is 5.66. The lowest BCUT2D eigenvalue weighted by molar-refractivity contribution is -0.322. The fraction of sp³-hybridized carbons (Fsp3) is 0.800. The molecule has 0 radical (unpaired) electrons. The summed E-state index contributed by atoms with van der Waals surface area (Å²) in [5.41, 5.74) is 0.0517. The van der Waals surface area contributed by atoms with Crippen molar-refractivity contribution < 1.29 is 24.1 Å². The fourth-order valence-electron chi connectivity index (χ4n) is 8.81. The van der Waals surface area contributed by atoms with Crippen molar-refractivity contribution in [3.8, 4) is 5.75 Å². The maximum atomic E-state index is 12.3. The highest BCUT2D eigenvalue weighted by atomic mass is 16.7. The minimum Gasteiger partial charge on any atom is -0.493 e. The Labute approximate surface area is 220 Å². The molecule has 3 aliphatic carbocycles. The Morgan fingerprint density at radius 3 is 2.57 bits per heavy atom. The molecule has 6 atom stereocenters. The molecule has 206 valence electrons. The van der Waals surface area contributed by atoms with Gasteiger partial charge in [0, 0.05) is 23.6 Å². The average molecular weight is 516 g/mol. The van der Waals surface area contributed by atoms with E-state index in [0.717, 1.165) is 25.9 Å². The molecule has 2 heterocycles. The van der Waals surface area contributed by atoms with Crippen LogP contribution in [0.1, 0.15) is 85.5 Å². The van der Waals surface area contributed by atoms with Crippen LogP contribution in [0.4, 0.5) is 0 Å². The van der Waals surface area contributed by atoms with Gasteiger partial charge in [0.15, 0.2) is 6.29 Å². The molecule has 1 aliphatic heterocycles. The minimum absolute atomic E-state index is 0.0138. The molecule has 4 aliphatic rings. The first-order valence-electron chi connectivity index (χ1n) is 14.3. The van der Waals surface area contributed by atoms with Crippen LogP contribution in [0.3, 0.4) is 0 Å². The number of ether oxygens (including phenoxy) is 3. The second-order valence-electron chi connectivity index (χ2n) is 13.4. The maximum absolute atomic E-state index is 12.3. The summed E-state index contributed by atoms with van der Waals surface area (Å²) in [5.74, 6) is 1.06. The molecule has 3 saturated carbocycles. The van der Waals surface area contributed by atoms with Crippen LogP contribution in [0.25, 0.3) is 0 Å². The van der Waals surface area contributed by atoms with Gasteiger partial charge in [-0.2, -0.15) is 0 Å². The summed E-state index contributed by atoms with van der Waals surface area (Å²) in [6, 6.07) is 3.08. The number of pyridine rings is 1. The van der Waals surface area contributed by atoms with E-state index in [4.69, 9.17) is 19.3 Å².